The normalized spacial score (nSPS) is 16.8. The van der Waals surface area contributed by atoms with Gasteiger partial charge in [0, 0.05) is 20.5 Å². The maximum Gasteiger partial charge on any atom is 0.128 e. The third kappa shape index (κ3) is 3.86. The molecule has 0 N–H and O–H groups in total. The first-order valence-electron chi connectivity index (χ1n) is 8.47. The molecule has 0 bridgehead atoms. The fraction of sp³-hybridized carbons (Fsp3) is 0.368. The first-order chi connectivity index (χ1) is 12.2. The minimum absolute atomic E-state index is 0.663. The molecule has 6 heteroatoms. The molecule has 0 amide bonds. The molecule has 0 fully saturated rings. The largest absolute Gasteiger partial charge is 0.493 e. The van der Waals surface area contributed by atoms with Crippen LogP contribution in [0.4, 0.5) is 0 Å². The van der Waals surface area contributed by atoms with Crippen molar-refractivity contribution < 1.29 is 4.74 Å². The molecule has 0 spiro atoms. The quantitative estimate of drug-likeness (QED) is 0.290. The summed E-state index contributed by atoms with van der Waals surface area (Å²) in [6.45, 7) is 3.00. The van der Waals surface area contributed by atoms with Gasteiger partial charge in [-0.05, 0) is 48.9 Å². The molecular formula is C19H19BrN2OS2. The van der Waals surface area contributed by atoms with Gasteiger partial charge < -0.3 is 4.74 Å². The highest BCUT2D eigenvalue weighted by molar-refractivity contribution is 9.10. The van der Waals surface area contributed by atoms with Gasteiger partial charge in [-0.3, -0.25) is 0 Å². The van der Waals surface area contributed by atoms with E-state index in [0.29, 0.717) is 6.61 Å². The number of aromatic nitrogens is 2. The summed E-state index contributed by atoms with van der Waals surface area (Å²) in [6, 6.07) is 7.96. The third-order valence-corrected chi connectivity index (χ3v) is 7.05. The van der Waals surface area contributed by atoms with Gasteiger partial charge in [0.2, 0.25) is 0 Å². The summed E-state index contributed by atoms with van der Waals surface area (Å²) in [4.78, 5) is 11.7. The molecule has 1 unspecified atom stereocenters. The van der Waals surface area contributed by atoms with E-state index in [9.17, 15) is 0 Å². The van der Waals surface area contributed by atoms with Gasteiger partial charge in [0.1, 0.15) is 21.9 Å². The number of thioether (sulfide) groups is 1. The Morgan fingerprint density at radius 2 is 2.28 bits per heavy atom. The molecule has 1 aliphatic carbocycles. The van der Waals surface area contributed by atoms with Crippen molar-refractivity contribution >= 4 is 49.2 Å². The Labute approximate surface area is 164 Å². The fourth-order valence-corrected chi connectivity index (χ4v) is 5.85. The smallest absolute Gasteiger partial charge is 0.128 e. The van der Waals surface area contributed by atoms with E-state index in [2.05, 4.69) is 32.8 Å². The SMILES string of the molecule is CC1CCc2c(sc3ncnc(SCCOc4cccc(Br)c4)c23)C1. The van der Waals surface area contributed by atoms with E-state index < -0.39 is 0 Å². The molecule has 0 radical (unpaired) electrons. The number of halogens is 1. The molecule has 2 aromatic heterocycles. The van der Waals surface area contributed by atoms with Crippen LogP contribution in [0, 0.1) is 5.92 Å². The number of hydrogen-bond donors (Lipinski definition) is 0. The Morgan fingerprint density at radius 1 is 1.36 bits per heavy atom. The van der Waals surface area contributed by atoms with E-state index in [4.69, 9.17) is 4.74 Å². The second-order valence-corrected chi connectivity index (χ2v) is 9.45. The summed E-state index contributed by atoms with van der Waals surface area (Å²) >= 11 is 7.09. The molecule has 0 aliphatic heterocycles. The number of thiophene rings is 1. The van der Waals surface area contributed by atoms with Crippen LogP contribution in [0.1, 0.15) is 23.8 Å². The van der Waals surface area contributed by atoms with Crippen molar-refractivity contribution in [1.82, 2.24) is 9.97 Å². The molecule has 1 atom stereocenters. The van der Waals surface area contributed by atoms with Crippen molar-refractivity contribution in [2.45, 2.75) is 31.2 Å². The average Bonchev–Trinajstić information content (AvgIpc) is 2.97. The fourth-order valence-electron chi connectivity index (χ4n) is 3.21. The van der Waals surface area contributed by atoms with Crippen LogP contribution < -0.4 is 4.74 Å². The number of nitrogens with zero attached hydrogens (tertiary/aromatic N) is 2. The lowest BCUT2D eigenvalue weighted by molar-refractivity contribution is 0.343. The van der Waals surface area contributed by atoms with Crippen LogP contribution in [0.15, 0.2) is 40.1 Å². The maximum atomic E-state index is 5.84. The first-order valence-corrected chi connectivity index (χ1v) is 11.1. The average molecular weight is 435 g/mol. The van der Waals surface area contributed by atoms with Gasteiger partial charge >= 0.3 is 0 Å². The van der Waals surface area contributed by atoms with E-state index in [1.54, 1.807) is 18.1 Å². The van der Waals surface area contributed by atoms with Gasteiger partial charge in [-0.2, -0.15) is 0 Å². The Bertz CT molecular complexity index is 896. The second-order valence-electron chi connectivity index (χ2n) is 6.37. The highest BCUT2D eigenvalue weighted by Gasteiger charge is 2.23. The summed E-state index contributed by atoms with van der Waals surface area (Å²) in [5.41, 5.74) is 1.49. The molecule has 1 aromatic carbocycles. The van der Waals surface area contributed by atoms with Crippen LogP contribution in [-0.2, 0) is 12.8 Å². The van der Waals surface area contributed by atoms with E-state index in [1.165, 1.54) is 28.7 Å². The highest BCUT2D eigenvalue weighted by Crippen LogP contribution is 2.40. The number of benzene rings is 1. The number of fused-ring (bicyclic) bond motifs is 3. The summed E-state index contributed by atoms with van der Waals surface area (Å²) in [5.74, 6) is 2.55. The lowest BCUT2D eigenvalue weighted by Gasteiger charge is -2.18. The number of aryl methyl sites for hydroxylation is 1. The second kappa shape index (κ2) is 7.64. The Kier molecular flexibility index (Phi) is 5.29. The minimum atomic E-state index is 0.663. The third-order valence-electron chi connectivity index (χ3n) is 4.44. The first kappa shape index (κ1) is 17.3. The van der Waals surface area contributed by atoms with E-state index in [0.717, 1.165) is 38.2 Å². The maximum absolute atomic E-state index is 5.84. The van der Waals surface area contributed by atoms with Gasteiger partial charge in [-0.25, -0.2) is 9.97 Å². The van der Waals surface area contributed by atoms with E-state index in [-0.39, 0.29) is 0 Å². The van der Waals surface area contributed by atoms with Crippen LogP contribution in [0.3, 0.4) is 0 Å². The van der Waals surface area contributed by atoms with Gasteiger partial charge in [0.05, 0.1) is 6.61 Å². The van der Waals surface area contributed by atoms with Crippen LogP contribution >= 0.6 is 39.0 Å². The summed E-state index contributed by atoms with van der Waals surface area (Å²) < 4.78 is 6.87. The standard InChI is InChI=1S/C19H19BrN2OS2/c1-12-5-6-15-16(9-12)25-19-17(15)18(21-11-22-19)24-8-7-23-14-4-2-3-13(20)10-14/h2-4,10-12H,5-9H2,1H3. The minimum Gasteiger partial charge on any atom is -0.493 e. The van der Waals surface area contributed by atoms with Crippen molar-refractivity contribution in [2.75, 3.05) is 12.4 Å². The zero-order chi connectivity index (χ0) is 17.2. The Hall–Kier alpha value is -1.11. The van der Waals surface area contributed by atoms with Crippen molar-refractivity contribution in [3.63, 3.8) is 0 Å². The molecule has 130 valence electrons. The highest BCUT2D eigenvalue weighted by atomic mass is 79.9. The summed E-state index contributed by atoms with van der Waals surface area (Å²) in [6.07, 6.45) is 5.31. The van der Waals surface area contributed by atoms with Crippen molar-refractivity contribution in [3.8, 4) is 5.75 Å². The molecule has 0 saturated heterocycles. The van der Waals surface area contributed by atoms with E-state index in [1.807, 2.05) is 35.6 Å². The molecule has 3 nitrogen and oxygen atoms in total. The monoisotopic (exact) mass is 434 g/mol. The van der Waals surface area contributed by atoms with Gasteiger partial charge in [-0.1, -0.05) is 28.9 Å². The topological polar surface area (TPSA) is 35.0 Å². The summed E-state index contributed by atoms with van der Waals surface area (Å²) in [5, 5.41) is 2.40. The predicted octanol–water partition coefficient (Wildman–Crippen LogP) is 5.75. The van der Waals surface area contributed by atoms with Gasteiger partial charge in [0.25, 0.3) is 0 Å². The van der Waals surface area contributed by atoms with Gasteiger partial charge in [-0.15, -0.1) is 23.1 Å². The molecule has 0 saturated carbocycles. The molecule has 3 aromatic rings. The molecule has 1 aliphatic rings. The summed E-state index contributed by atoms with van der Waals surface area (Å²) in [7, 11) is 0. The van der Waals surface area contributed by atoms with Crippen molar-refractivity contribution in [2.24, 2.45) is 5.92 Å². The Balaban J connectivity index is 1.46. The van der Waals surface area contributed by atoms with Crippen molar-refractivity contribution in [3.05, 3.63) is 45.5 Å². The number of rotatable bonds is 5. The molecule has 2 heterocycles. The lowest BCUT2D eigenvalue weighted by atomic mass is 9.89. The number of hydrogen-bond acceptors (Lipinski definition) is 5. The van der Waals surface area contributed by atoms with Crippen molar-refractivity contribution in [1.29, 1.82) is 0 Å². The van der Waals surface area contributed by atoms with E-state index >= 15 is 0 Å². The molecule has 4 rings (SSSR count). The van der Waals surface area contributed by atoms with Gasteiger partial charge in [0.15, 0.2) is 0 Å². The molecular weight excluding hydrogens is 416 g/mol. The zero-order valence-corrected chi connectivity index (χ0v) is 17.2. The predicted molar refractivity (Wildman–Crippen MR) is 109 cm³/mol. The molecule has 25 heavy (non-hydrogen) atoms. The van der Waals surface area contributed by atoms with Crippen LogP contribution in [-0.4, -0.2) is 22.3 Å². The lowest BCUT2D eigenvalue weighted by Crippen LogP contribution is -2.08. The number of ether oxygens (including phenoxy) is 1. The van der Waals surface area contributed by atoms with Crippen LogP contribution in [0.5, 0.6) is 5.75 Å². The Morgan fingerprint density at radius 3 is 3.16 bits per heavy atom. The zero-order valence-electron chi connectivity index (χ0n) is 14.0. The van der Waals surface area contributed by atoms with Crippen LogP contribution in [0.2, 0.25) is 0 Å². The van der Waals surface area contributed by atoms with Crippen LogP contribution in [0.25, 0.3) is 10.2 Å².